The minimum absolute atomic E-state index is 0.223. The number of carbonyl (C=O) groups is 1. The molecular formula is C13H15FN2O3S. The molecule has 108 valence electrons. The molecule has 0 spiro atoms. The number of benzene rings is 1. The molecule has 1 heterocycles. The van der Waals surface area contributed by atoms with Crippen LogP contribution in [0.15, 0.2) is 24.3 Å². The Morgan fingerprint density at radius 2 is 1.80 bits per heavy atom. The lowest BCUT2D eigenvalue weighted by molar-refractivity contribution is -0.122. The van der Waals surface area contributed by atoms with Crippen LogP contribution in [0.5, 0.6) is 0 Å². The normalized spacial score (nSPS) is 20.4. The zero-order valence-electron chi connectivity index (χ0n) is 10.8. The molecule has 7 heteroatoms. The van der Waals surface area contributed by atoms with Gasteiger partial charge in [0.25, 0.3) is 0 Å². The van der Waals surface area contributed by atoms with Gasteiger partial charge in [-0.3, -0.25) is 4.79 Å². The second-order valence-electron chi connectivity index (χ2n) is 5.25. The van der Waals surface area contributed by atoms with E-state index in [1.165, 1.54) is 28.6 Å². The molecule has 1 aromatic carbocycles. The van der Waals surface area contributed by atoms with E-state index in [0.717, 1.165) is 12.8 Å². The second kappa shape index (κ2) is 4.82. The van der Waals surface area contributed by atoms with Gasteiger partial charge in [0.2, 0.25) is 15.9 Å². The summed E-state index contributed by atoms with van der Waals surface area (Å²) in [4.78, 5) is 11.9. The van der Waals surface area contributed by atoms with E-state index in [4.69, 9.17) is 0 Å². The predicted octanol–water partition coefficient (Wildman–Crippen LogP) is 1.19. The molecule has 0 unspecified atom stereocenters. The monoisotopic (exact) mass is 298 g/mol. The Hall–Kier alpha value is -1.47. The summed E-state index contributed by atoms with van der Waals surface area (Å²) in [5.41, 5.74) is 0.514. The van der Waals surface area contributed by atoms with E-state index < -0.39 is 10.0 Å². The SMILES string of the molecule is O=C(Nc1ccc(F)cc1)C1CN(S(=O)(=O)C2CC2)C1. The summed E-state index contributed by atoms with van der Waals surface area (Å²) in [6.07, 6.45) is 1.45. The third-order valence-corrected chi connectivity index (χ3v) is 5.97. The number of amides is 1. The molecule has 0 atom stereocenters. The van der Waals surface area contributed by atoms with Gasteiger partial charge in [0.15, 0.2) is 0 Å². The fraction of sp³-hybridized carbons (Fsp3) is 0.462. The van der Waals surface area contributed by atoms with Crippen molar-refractivity contribution in [2.24, 2.45) is 5.92 Å². The maximum atomic E-state index is 12.7. The first-order chi connectivity index (χ1) is 9.46. The molecule has 2 aliphatic rings. The van der Waals surface area contributed by atoms with Crippen LogP contribution >= 0.6 is 0 Å². The Labute approximate surface area is 116 Å². The van der Waals surface area contributed by atoms with Crippen LogP contribution in [0.2, 0.25) is 0 Å². The third-order valence-electron chi connectivity index (χ3n) is 3.64. The standard InChI is InChI=1S/C13H15FN2O3S/c14-10-1-3-11(4-2-10)15-13(17)9-7-16(8-9)20(18,19)12-5-6-12/h1-4,9,12H,5-8H2,(H,15,17). The Bertz CT molecular complexity index is 620. The molecule has 1 amide bonds. The lowest BCUT2D eigenvalue weighted by Gasteiger charge is -2.37. The number of nitrogens with one attached hydrogen (secondary N) is 1. The van der Waals surface area contributed by atoms with Gasteiger partial charge in [0.05, 0.1) is 11.2 Å². The van der Waals surface area contributed by atoms with Gasteiger partial charge in [-0.1, -0.05) is 0 Å². The number of hydrogen-bond acceptors (Lipinski definition) is 3. The van der Waals surface area contributed by atoms with Crippen molar-refractivity contribution in [1.29, 1.82) is 0 Å². The number of halogens is 1. The molecule has 1 aliphatic heterocycles. The number of carbonyl (C=O) groups excluding carboxylic acids is 1. The number of nitrogens with zero attached hydrogens (tertiary/aromatic N) is 1. The Balaban J connectivity index is 1.54. The van der Waals surface area contributed by atoms with Crippen molar-refractivity contribution >= 4 is 21.6 Å². The fourth-order valence-corrected chi connectivity index (χ4v) is 4.09. The van der Waals surface area contributed by atoms with Crippen molar-refractivity contribution in [2.45, 2.75) is 18.1 Å². The van der Waals surface area contributed by atoms with Gasteiger partial charge >= 0.3 is 0 Å². The number of hydrogen-bond donors (Lipinski definition) is 1. The summed E-state index contributed by atoms with van der Waals surface area (Å²) in [6.45, 7) is 0.484. The highest BCUT2D eigenvalue weighted by Gasteiger charge is 2.46. The summed E-state index contributed by atoms with van der Waals surface area (Å²) in [5, 5.41) is 2.43. The van der Waals surface area contributed by atoms with Crippen LogP contribution in [0, 0.1) is 11.7 Å². The maximum absolute atomic E-state index is 12.7. The van der Waals surface area contributed by atoms with Crippen molar-refractivity contribution < 1.29 is 17.6 Å². The van der Waals surface area contributed by atoms with Gasteiger partial charge in [0, 0.05) is 18.8 Å². The molecule has 2 fully saturated rings. The Morgan fingerprint density at radius 1 is 1.20 bits per heavy atom. The molecule has 0 radical (unpaired) electrons. The summed E-state index contributed by atoms with van der Waals surface area (Å²) < 4.78 is 37.9. The topological polar surface area (TPSA) is 66.5 Å². The van der Waals surface area contributed by atoms with E-state index in [1.807, 2.05) is 0 Å². The summed E-state index contributed by atoms with van der Waals surface area (Å²) in [5.74, 6) is -0.916. The molecule has 1 saturated carbocycles. The van der Waals surface area contributed by atoms with Gasteiger partial charge in [-0.25, -0.2) is 12.8 Å². The maximum Gasteiger partial charge on any atom is 0.230 e. The van der Waals surface area contributed by atoms with E-state index in [9.17, 15) is 17.6 Å². The highest BCUT2D eigenvalue weighted by molar-refractivity contribution is 7.90. The smallest absolute Gasteiger partial charge is 0.230 e. The van der Waals surface area contributed by atoms with Crippen LogP contribution in [-0.4, -0.2) is 37.0 Å². The zero-order valence-corrected chi connectivity index (χ0v) is 11.6. The van der Waals surface area contributed by atoms with E-state index in [-0.39, 0.29) is 36.0 Å². The minimum Gasteiger partial charge on any atom is -0.326 e. The van der Waals surface area contributed by atoms with Gasteiger partial charge < -0.3 is 5.32 Å². The lowest BCUT2D eigenvalue weighted by Crippen LogP contribution is -2.55. The van der Waals surface area contributed by atoms with Crippen molar-refractivity contribution in [1.82, 2.24) is 4.31 Å². The van der Waals surface area contributed by atoms with Gasteiger partial charge in [0.1, 0.15) is 5.82 Å². The molecule has 0 bridgehead atoms. The van der Waals surface area contributed by atoms with Crippen LogP contribution in [0.25, 0.3) is 0 Å². The highest BCUT2D eigenvalue weighted by atomic mass is 32.2. The minimum atomic E-state index is -3.17. The molecule has 3 rings (SSSR count). The van der Waals surface area contributed by atoms with Crippen molar-refractivity contribution in [3.8, 4) is 0 Å². The number of sulfonamides is 1. The van der Waals surface area contributed by atoms with Crippen LogP contribution in [0.3, 0.4) is 0 Å². The van der Waals surface area contributed by atoms with Crippen LogP contribution in [0.1, 0.15) is 12.8 Å². The lowest BCUT2D eigenvalue weighted by atomic mass is 10.0. The van der Waals surface area contributed by atoms with Crippen molar-refractivity contribution in [3.05, 3.63) is 30.1 Å². The third kappa shape index (κ3) is 2.55. The van der Waals surface area contributed by atoms with Crippen LogP contribution in [-0.2, 0) is 14.8 Å². The number of anilines is 1. The predicted molar refractivity (Wildman–Crippen MR) is 72.0 cm³/mol. The summed E-state index contributed by atoms with van der Waals surface area (Å²) in [7, 11) is -3.17. The second-order valence-corrected chi connectivity index (χ2v) is 7.47. The molecular weight excluding hydrogens is 283 g/mol. The summed E-state index contributed by atoms with van der Waals surface area (Å²) in [6, 6.07) is 5.48. The molecule has 1 aromatic rings. The first-order valence-corrected chi connectivity index (χ1v) is 8.02. The van der Waals surface area contributed by atoms with Gasteiger partial charge in [-0.15, -0.1) is 0 Å². The van der Waals surface area contributed by atoms with Gasteiger partial charge in [-0.05, 0) is 37.1 Å². The largest absolute Gasteiger partial charge is 0.326 e. The first-order valence-electron chi connectivity index (χ1n) is 6.52. The van der Waals surface area contributed by atoms with Gasteiger partial charge in [-0.2, -0.15) is 4.31 Å². The molecule has 0 aromatic heterocycles. The van der Waals surface area contributed by atoms with Crippen molar-refractivity contribution in [2.75, 3.05) is 18.4 Å². The zero-order chi connectivity index (χ0) is 14.3. The average Bonchev–Trinajstić information content (AvgIpc) is 3.14. The molecule has 1 saturated heterocycles. The molecule has 1 N–H and O–H groups in total. The van der Waals surface area contributed by atoms with E-state index in [0.29, 0.717) is 5.69 Å². The van der Waals surface area contributed by atoms with E-state index in [2.05, 4.69) is 5.32 Å². The summed E-state index contributed by atoms with van der Waals surface area (Å²) >= 11 is 0. The van der Waals surface area contributed by atoms with E-state index in [1.54, 1.807) is 0 Å². The van der Waals surface area contributed by atoms with Crippen molar-refractivity contribution in [3.63, 3.8) is 0 Å². The average molecular weight is 298 g/mol. The Kier molecular flexibility index (Phi) is 3.25. The molecule has 1 aliphatic carbocycles. The van der Waals surface area contributed by atoms with E-state index >= 15 is 0 Å². The van der Waals surface area contributed by atoms with Crippen LogP contribution < -0.4 is 5.32 Å². The molecule has 5 nitrogen and oxygen atoms in total. The highest BCUT2D eigenvalue weighted by Crippen LogP contribution is 2.34. The van der Waals surface area contributed by atoms with Crippen LogP contribution in [0.4, 0.5) is 10.1 Å². The quantitative estimate of drug-likeness (QED) is 0.908. The first kappa shape index (κ1) is 13.5. The Morgan fingerprint density at radius 3 is 2.35 bits per heavy atom. The number of rotatable bonds is 4. The fourth-order valence-electron chi connectivity index (χ4n) is 2.17. The molecule has 20 heavy (non-hydrogen) atoms.